The van der Waals surface area contributed by atoms with Gasteiger partial charge in [0.25, 0.3) is 0 Å². The smallest absolute Gasteiger partial charge is 0.0489 e. The average molecular weight is 380 g/mol. The Labute approximate surface area is 170 Å². The zero-order valence-corrected chi connectivity index (χ0v) is 16.9. The topological polar surface area (TPSA) is 44.5 Å². The number of nitrogens with one attached hydrogen (secondary N) is 2. The number of benzene rings is 2. The number of pyridine rings is 1. The summed E-state index contributed by atoms with van der Waals surface area (Å²) in [6.07, 6.45) is 10.2. The molecule has 0 atom stereocenters. The molecule has 0 aliphatic carbocycles. The minimum Gasteiger partial charge on any atom is -0.361 e. The molecule has 3 aromatic heterocycles. The van der Waals surface area contributed by atoms with Crippen molar-refractivity contribution in [1.29, 1.82) is 0 Å². The lowest BCUT2D eigenvalue weighted by Crippen LogP contribution is -2.03. The van der Waals surface area contributed by atoms with Crippen molar-refractivity contribution in [2.24, 2.45) is 0 Å². The molecule has 0 aliphatic rings. The molecule has 2 N–H and O–H groups in total. The predicted molar refractivity (Wildman–Crippen MR) is 121 cm³/mol. The second-order valence-corrected chi connectivity index (χ2v) is 7.59. The van der Waals surface area contributed by atoms with Gasteiger partial charge in [-0.1, -0.05) is 56.3 Å². The quantitative estimate of drug-likeness (QED) is 0.367. The van der Waals surface area contributed by atoms with Crippen molar-refractivity contribution in [2.75, 3.05) is 0 Å². The molecule has 2 aromatic carbocycles. The van der Waals surface area contributed by atoms with E-state index in [1.54, 1.807) is 0 Å². The fourth-order valence-electron chi connectivity index (χ4n) is 4.62. The summed E-state index contributed by atoms with van der Waals surface area (Å²) in [4.78, 5) is 11.6. The van der Waals surface area contributed by atoms with Crippen LogP contribution in [-0.4, -0.2) is 15.0 Å². The SMILES string of the molecule is CCc1cccc2c(C(c3cccnc3)c3c[nH]c4c(CC)cccc34)c[nH]c12. The molecule has 0 aliphatic heterocycles. The number of hydrogen-bond donors (Lipinski definition) is 2. The van der Waals surface area contributed by atoms with E-state index in [1.807, 2.05) is 18.5 Å². The first-order chi connectivity index (χ1) is 14.3. The third kappa shape index (κ3) is 2.85. The fourth-order valence-corrected chi connectivity index (χ4v) is 4.62. The number of aryl methyl sites for hydroxylation is 2. The van der Waals surface area contributed by atoms with Gasteiger partial charge in [-0.25, -0.2) is 0 Å². The summed E-state index contributed by atoms with van der Waals surface area (Å²) in [5.74, 6) is 0.116. The van der Waals surface area contributed by atoms with Crippen molar-refractivity contribution in [3.8, 4) is 0 Å². The molecule has 144 valence electrons. The number of fused-ring (bicyclic) bond motifs is 2. The molecule has 3 nitrogen and oxygen atoms in total. The zero-order chi connectivity index (χ0) is 19.8. The van der Waals surface area contributed by atoms with Crippen LogP contribution >= 0.6 is 0 Å². The van der Waals surface area contributed by atoms with E-state index in [1.165, 1.54) is 49.6 Å². The number of rotatable bonds is 5. The molecule has 29 heavy (non-hydrogen) atoms. The van der Waals surface area contributed by atoms with Gasteiger partial charge in [-0.05, 0) is 46.7 Å². The van der Waals surface area contributed by atoms with Gasteiger partial charge in [-0.3, -0.25) is 4.98 Å². The lowest BCUT2D eigenvalue weighted by molar-refractivity contribution is 0.982. The highest BCUT2D eigenvalue weighted by molar-refractivity contribution is 5.91. The van der Waals surface area contributed by atoms with Gasteiger partial charge in [0.15, 0.2) is 0 Å². The molecule has 0 spiro atoms. The highest BCUT2D eigenvalue weighted by Crippen LogP contribution is 2.40. The summed E-state index contributed by atoms with van der Waals surface area (Å²) in [5.41, 5.74) is 8.99. The third-order valence-electron chi connectivity index (χ3n) is 6.07. The first-order valence-corrected chi connectivity index (χ1v) is 10.4. The van der Waals surface area contributed by atoms with Crippen molar-refractivity contribution < 1.29 is 0 Å². The standard InChI is InChI=1S/C26H25N3/c1-3-17-8-5-11-20-22(15-28-25(17)20)24(19-10-7-13-27-14-19)23-16-29-26-18(4-2)9-6-12-21(23)26/h5-16,24,28-29H,3-4H2,1-2H3. The number of hydrogen-bond acceptors (Lipinski definition) is 1. The van der Waals surface area contributed by atoms with E-state index >= 15 is 0 Å². The van der Waals surface area contributed by atoms with Gasteiger partial charge in [0.1, 0.15) is 0 Å². The Balaban J connectivity index is 1.79. The maximum atomic E-state index is 4.43. The average Bonchev–Trinajstić information content (AvgIpc) is 3.40. The van der Waals surface area contributed by atoms with Crippen LogP contribution in [0.15, 0.2) is 73.3 Å². The molecule has 0 amide bonds. The van der Waals surface area contributed by atoms with Crippen LogP contribution in [0, 0.1) is 0 Å². The Bertz CT molecular complexity index is 1200. The first-order valence-electron chi connectivity index (χ1n) is 10.4. The van der Waals surface area contributed by atoms with E-state index in [0.717, 1.165) is 12.8 Å². The lowest BCUT2D eigenvalue weighted by atomic mass is 9.85. The minimum absolute atomic E-state index is 0.116. The highest BCUT2D eigenvalue weighted by Gasteiger charge is 2.24. The van der Waals surface area contributed by atoms with Crippen molar-refractivity contribution in [3.63, 3.8) is 0 Å². The number of nitrogens with zero attached hydrogens (tertiary/aromatic N) is 1. The van der Waals surface area contributed by atoms with Gasteiger partial charge in [-0.2, -0.15) is 0 Å². The third-order valence-corrected chi connectivity index (χ3v) is 6.07. The largest absolute Gasteiger partial charge is 0.361 e. The number of para-hydroxylation sites is 2. The van der Waals surface area contributed by atoms with Crippen molar-refractivity contribution in [1.82, 2.24) is 15.0 Å². The van der Waals surface area contributed by atoms with Crippen LogP contribution < -0.4 is 0 Å². The molecule has 0 fully saturated rings. The molecule has 0 bridgehead atoms. The Morgan fingerprint density at radius 2 is 1.34 bits per heavy atom. The molecule has 0 unspecified atom stereocenters. The summed E-state index contributed by atoms with van der Waals surface area (Å²) >= 11 is 0. The van der Waals surface area contributed by atoms with Gasteiger partial charge in [0, 0.05) is 52.5 Å². The van der Waals surface area contributed by atoms with E-state index < -0.39 is 0 Å². The molecular weight excluding hydrogens is 354 g/mol. The summed E-state index contributed by atoms with van der Waals surface area (Å²) in [7, 11) is 0. The molecule has 0 saturated heterocycles. The van der Waals surface area contributed by atoms with E-state index in [9.17, 15) is 0 Å². The predicted octanol–water partition coefficient (Wildman–Crippen LogP) is 6.35. The van der Waals surface area contributed by atoms with Gasteiger partial charge in [0.05, 0.1) is 0 Å². The van der Waals surface area contributed by atoms with Crippen molar-refractivity contribution >= 4 is 21.8 Å². The molecule has 5 aromatic rings. The lowest BCUT2D eigenvalue weighted by Gasteiger charge is -2.17. The molecule has 5 rings (SSSR count). The van der Waals surface area contributed by atoms with Crippen LogP contribution in [0.2, 0.25) is 0 Å². The van der Waals surface area contributed by atoms with E-state index in [-0.39, 0.29) is 5.92 Å². The second kappa shape index (κ2) is 7.25. The maximum absolute atomic E-state index is 4.43. The zero-order valence-electron chi connectivity index (χ0n) is 16.9. The van der Waals surface area contributed by atoms with Crippen molar-refractivity contribution in [2.45, 2.75) is 32.6 Å². The number of aromatic amines is 2. The van der Waals surface area contributed by atoms with E-state index in [4.69, 9.17) is 0 Å². The van der Waals surface area contributed by atoms with E-state index in [0.29, 0.717) is 0 Å². The Kier molecular flexibility index (Phi) is 4.44. The summed E-state index contributed by atoms with van der Waals surface area (Å²) in [6, 6.07) is 17.4. The highest BCUT2D eigenvalue weighted by atomic mass is 14.7. The minimum atomic E-state index is 0.116. The van der Waals surface area contributed by atoms with Gasteiger partial charge >= 0.3 is 0 Å². The summed E-state index contributed by atoms with van der Waals surface area (Å²) < 4.78 is 0. The van der Waals surface area contributed by atoms with Crippen LogP contribution in [0.3, 0.4) is 0 Å². The van der Waals surface area contributed by atoms with Gasteiger partial charge in [-0.15, -0.1) is 0 Å². The van der Waals surface area contributed by atoms with Crippen molar-refractivity contribution in [3.05, 3.63) is 101 Å². The van der Waals surface area contributed by atoms with Gasteiger partial charge < -0.3 is 9.97 Å². The molecular formula is C26H25N3. The second-order valence-electron chi connectivity index (χ2n) is 7.59. The fraction of sp³-hybridized carbons (Fsp3) is 0.192. The van der Waals surface area contributed by atoms with Crippen LogP contribution in [0.5, 0.6) is 0 Å². The molecule has 3 heterocycles. The van der Waals surface area contributed by atoms with E-state index in [2.05, 4.69) is 83.7 Å². The number of H-pyrrole nitrogens is 2. The molecule has 3 heteroatoms. The van der Waals surface area contributed by atoms with Gasteiger partial charge in [0.2, 0.25) is 0 Å². The van der Waals surface area contributed by atoms with Crippen LogP contribution in [0.4, 0.5) is 0 Å². The van der Waals surface area contributed by atoms with Crippen LogP contribution in [-0.2, 0) is 12.8 Å². The molecule has 0 saturated carbocycles. The summed E-state index contributed by atoms with van der Waals surface area (Å²) in [5, 5.41) is 2.58. The molecule has 0 radical (unpaired) electrons. The normalized spacial score (nSPS) is 11.7. The van der Waals surface area contributed by atoms with Crippen LogP contribution in [0.1, 0.15) is 47.6 Å². The Morgan fingerprint density at radius 3 is 1.83 bits per heavy atom. The Hall–Kier alpha value is -3.33. The number of aromatic nitrogens is 3. The van der Waals surface area contributed by atoms with Crippen LogP contribution in [0.25, 0.3) is 21.8 Å². The summed E-state index contributed by atoms with van der Waals surface area (Å²) in [6.45, 7) is 4.42. The monoisotopic (exact) mass is 379 g/mol. The maximum Gasteiger partial charge on any atom is 0.0489 e. The first kappa shape index (κ1) is 17.7. The Morgan fingerprint density at radius 1 is 0.759 bits per heavy atom.